The minimum absolute atomic E-state index is 0.175. The molecule has 37 heavy (non-hydrogen) atoms. The predicted molar refractivity (Wildman–Crippen MR) is 153 cm³/mol. The lowest BCUT2D eigenvalue weighted by Gasteiger charge is -2.34. The molecule has 0 amide bonds. The number of hydrogen-bond donors (Lipinski definition) is 4. The lowest BCUT2D eigenvalue weighted by molar-refractivity contribution is 0.313. The molecule has 1 atom stereocenters. The van der Waals surface area contributed by atoms with Gasteiger partial charge in [-0.1, -0.05) is 18.0 Å². The van der Waals surface area contributed by atoms with Gasteiger partial charge in [-0.2, -0.15) is 0 Å². The van der Waals surface area contributed by atoms with Gasteiger partial charge in [0.05, 0.1) is 22.2 Å². The van der Waals surface area contributed by atoms with Crippen molar-refractivity contribution < 1.29 is 0 Å². The Bertz CT molecular complexity index is 1460. The molecular formula is C28H34ClN7O. The molecule has 2 fully saturated rings. The summed E-state index contributed by atoms with van der Waals surface area (Å²) in [5.41, 5.74) is 4.81. The zero-order valence-corrected chi connectivity index (χ0v) is 22.0. The number of pyridine rings is 1. The Morgan fingerprint density at radius 3 is 2.73 bits per heavy atom. The lowest BCUT2D eigenvalue weighted by atomic mass is 10.0. The molecule has 0 radical (unpaired) electrons. The summed E-state index contributed by atoms with van der Waals surface area (Å²) in [6.07, 6.45) is 4.69. The van der Waals surface area contributed by atoms with E-state index in [-0.39, 0.29) is 5.56 Å². The van der Waals surface area contributed by atoms with Crippen LogP contribution in [-0.4, -0.2) is 72.2 Å². The quantitative estimate of drug-likeness (QED) is 0.301. The van der Waals surface area contributed by atoms with Crippen molar-refractivity contribution in [2.24, 2.45) is 0 Å². The SMILES string of the molecule is CN1CCN(c2ccc3nc(-c4c(NCCC5CCCCN5)c5cc(Cl)ccc5[nH]c4=O)[nH]c3c2)CC1. The van der Waals surface area contributed by atoms with E-state index in [1.54, 1.807) is 6.07 Å². The number of aromatic amines is 2. The molecule has 9 heteroatoms. The fourth-order valence-electron chi connectivity index (χ4n) is 5.59. The van der Waals surface area contributed by atoms with Crippen molar-refractivity contribution in [3.05, 3.63) is 51.8 Å². The average molecular weight is 520 g/mol. The molecule has 4 N–H and O–H groups in total. The largest absolute Gasteiger partial charge is 0.384 e. The summed E-state index contributed by atoms with van der Waals surface area (Å²) >= 11 is 6.39. The van der Waals surface area contributed by atoms with E-state index in [1.165, 1.54) is 24.9 Å². The number of piperidine rings is 1. The Labute approximate surface area is 221 Å². The van der Waals surface area contributed by atoms with Gasteiger partial charge in [0.25, 0.3) is 5.56 Å². The highest BCUT2D eigenvalue weighted by molar-refractivity contribution is 6.31. The van der Waals surface area contributed by atoms with Gasteiger partial charge in [0.1, 0.15) is 11.4 Å². The average Bonchev–Trinajstić information content (AvgIpc) is 3.33. The van der Waals surface area contributed by atoms with Crippen LogP contribution in [-0.2, 0) is 0 Å². The predicted octanol–water partition coefficient (Wildman–Crippen LogP) is 4.42. The number of nitrogens with zero attached hydrogens (tertiary/aromatic N) is 3. The molecule has 0 bridgehead atoms. The zero-order chi connectivity index (χ0) is 25.4. The first-order valence-electron chi connectivity index (χ1n) is 13.3. The third kappa shape index (κ3) is 5.06. The lowest BCUT2D eigenvalue weighted by Crippen LogP contribution is -2.44. The molecule has 1 unspecified atom stereocenters. The third-order valence-corrected chi connectivity index (χ3v) is 7.99. The normalized spacial score (nSPS) is 19.1. The Kier molecular flexibility index (Phi) is 6.80. The van der Waals surface area contributed by atoms with Crippen LogP contribution in [0.5, 0.6) is 0 Å². The highest BCUT2D eigenvalue weighted by Gasteiger charge is 2.20. The van der Waals surface area contributed by atoms with Crippen molar-refractivity contribution in [3.8, 4) is 11.4 Å². The van der Waals surface area contributed by atoms with Gasteiger partial charge in [-0.05, 0) is 69.3 Å². The van der Waals surface area contributed by atoms with Gasteiger partial charge in [-0.15, -0.1) is 0 Å². The van der Waals surface area contributed by atoms with E-state index in [2.05, 4.69) is 49.6 Å². The molecular weight excluding hydrogens is 486 g/mol. The second kappa shape index (κ2) is 10.4. The van der Waals surface area contributed by atoms with Crippen molar-refractivity contribution in [3.63, 3.8) is 0 Å². The van der Waals surface area contributed by atoms with Crippen LogP contribution in [0.3, 0.4) is 0 Å². The number of H-pyrrole nitrogens is 2. The van der Waals surface area contributed by atoms with E-state index in [4.69, 9.17) is 16.6 Å². The van der Waals surface area contributed by atoms with E-state index in [0.29, 0.717) is 22.5 Å². The highest BCUT2D eigenvalue weighted by atomic mass is 35.5. The van der Waals surface area contributed by atoms with Crippen LogP contribution in [0.15, 0.2) is 41.2 Å². The van der Waals surface area contributed by atoms with Crippen LogP contribution < -0.4 is 21.1 Å². The molecule has 194 valence electrons. The number of nitrogens with one attached hydrogen (secondary N) is 4. The number of rotatable bonds is 6. The van der Waals surface area contributed by atoms with Crippen LogP contribution in [0.1, 0.15) is 25.7 Å². The zero-order valence-electron chi connectivity index (χ0n) is 21.2. The van der Waals surface area contributed by atoms with E-state index < -0.39 is 0 Å². The smallest absolute Gasteiger partial charge is 0.261 e. The van der Waals surface area contributed by atoms with E-state index in [0.717, 1.165) is 73.3 Å². The summed E-state index contributed by atoms with van der Waals surface area (Å²) in [5.74, 6) is 0.562. The Morgan fingerprint density at radius 2 is 1.92 bits per heavy atom. The summed E-state index contributed by atoms with van der Waals surface area (Å²) in [6, 6.07) is 12.4. The van der Waals surface area contributed by atoms with Crippen molar-refractivity contribution in [1.29, 1.82) is 0 Å². The first-order chi connectivity index (χ1) is 18.0. The number of aromatic nitrogens is 3. The maximum atomic E-state index is 13.4. The van der Waals surface area contributed by atoms with Gasteiger partial charge >= 0.3 is 0 Å². The van der Waals surface area contributed by atoms with Crippen molar-refractivity contribution in [2.45, 2.75) is 31.7 Å². The Morgan fingerprint density at radius 1 is 1.05 bits per heavy atom. The number of benzene rings is 2. The molecule has 4 aromatic rings. The Hall–Kier alpha value is -3.07. The molecule has 2 aliphatic rings. The van der Waals surface area contributed by atoms with Gasteiger partial charge in [0.2, 0.25) is 0 Å². The Balaban J connectivity index is 1.37. The van der Waals surface area contributed by atoms with E-state index >= 15 is 0 Å². The monoisotopic (exact) mass is 519 g/mol. The number of hydrogen-bond acceptors (Lipinski definition) is 6. The number of likely N-dealkylation sites (N-methyl/N-ethyl adjacent to an activating group) is 1. The van der Waals surface area contributed by atoms with E-state index in [1.807, 2.05) is 18.2 Å². The van der Waals surface area contributed by atoms with Crippen LogP contribution in [0.2, 0.25) is 5.02 Å². The molecule has 6 rings (SSSR count). The van der Waals surface area contributed by atoms with Crippen LogP contribution in [0.4, 0.5) is 11.4 Å². The second-order valence-electron chi connectivity index (χ2n) is 10.3. The summed E-state index contributed by atoms with van der Waals surface area (Å²) in [4.78, 5) is 29.5. The molecule has 2 saturated heterocycles. The number of halogens is 1. The first-order valence-corrected chi connectivity index (χ1v) is 13.7. The van der Waals surface area contributed by atoms with Gasteiger partial charge < -0.3 is 30.4 Å². The van der Waals surface area contributed by atoms with Crippen LogP contribution in [0, 0.1) is 0 Å². The van der Waals surface area contributed by atoms with Gasteiger partial charge in [0, 0.05) is 54.9 Å². The number of anilines is 2. The number of imidazole rings is 1. The molecule has 0 saturated carbocycles. The number of fused-ring (bicyclic) bond motifs is 2. The standard InChI is InChI=1S/C28H34ClN7O/c1-35-12-14-36(15-13-35)20-6-8-23-24(17-20)33-27(32-23)25-26(31-11-9-19-4-2-3-10-30-19)21-16-18(29)5-7-22(21)34-28(25)37/h5-8,16-17,19,30H,2-4,9-15H2,1H3,(H,32,33)(H2,31,34,37). The van der Waals surface area contributed by atoms with Gasteiger partial charge in [-0.3, -0.25) is 4.79 Å². The third-order valence-electron chi connectivity index (χ3n) is 7.75. The molecule has 8 nitrogen and oxygen atoms in total. The van der Waals surface area contributed by atoms with Crippen molar-refractivity contribution >= 4 is 44.9 Å². The summed E-state index contributed by atoms with van der Waals surface area (Å²) in [5, 5.41) is 8.71. The fourth-order valence-corrected chi connectivity index (χ4v) is 5.77. The maximum Gasteiger partial charge on any atom is 0.261 e. The molecule has 2 aromatic carbocycles. The van der Waals surface area contributed by atoms with Gasteiger partial charge in [-0.25, -0.2) is 4.98 Å². The number of piperazine rings is 1. The van der Waals surface area contributed by atoms with Crippen molar-refractivity contribution in [2.75, 3.05) is 56.5 Å². The van der Waals surface area contributed by atoms with Crippen LogP contribution >= 0.6 is 11.6 Å². The van der Waals surface area contributed by atoms with Gasteiger partial charge in [0.15, 0.2) is 0 Å². The molecule has 0 aliphatic carbocycles. The minimum Gasteiger partial charge on any atom is -0.384 e. The highest BCUT2D eigenvalue weighted by Crippen LogP contribution is 2.33. The molecule has 4 heterocycles. The fraction of sp³-hybridized carbons (Fsp3) is 0.429. The second-order valence-corrected chi connectivity index (χ2v) is 10.8. The van der Waals surface area contributed by atoms with Crippen molar-refractivity contribution in [1.82, 2.24) is 25.2 Å². The summed E-state index contributed by atoms with van der Waals surface area (Å²) in [7, 11) is 2.16. The molecule has 2 aromatic heterocycles. The minimum atomic E-state index is -0.175. The summed E-state index contributed by atoms with van der Waals surface area (Å²) in [6.45, 7) is 5.92. The van der Waals surface area contributed by atoms with E-state index in [9.17, 15) is 4.79 Å². The van der Waals surface area contributed by atoms with Crippen LogP contribution in [0.25, 0.3) is 33.3 Å². The topological polar surface area (TPSA) is 92.1 Å². The maximum absolute atomic E-state index is 13.4. The summed E-state index contributed by atoms with van der Waals surface area (Å²) < 4.78 is 0. The molecule has 2 aliphatic heterocycles. The first kappa shape index (κ1) is 24.3. The molecule has 0 spiro atoms.